The largest absolute Gasteiger partial charge is 0.481 e. The quantitative estimate of drug-likeness (QED) is 0.780. The number of hydrogen-bond acceptors (Lipinski definition) is 6. The van der Waals surface area contributed by atoms with E-state index in [4.69, 9.17) is 4.74 Å². The van der Waals surface area contributed by atoms with Gasteiger partial charge in [-0.25, -0.2) is 19.9 Å². The summed E-state index contributed by atoms with van der Waals surface area (Å²) in [6.45, 7) is 0. The van der Waals surface area contributed by atoms with Crippen LogP contribution >= 0.6 is 0 Å². The van der Waals surface area contributed by atoms with Crippen molar-refractivity contribution < 1.29 is 9.53 Å². The van der Waals surface area contributed by atoms with E-state index in [1.807, 2.05) is 0 Å². The van der Waals surface area contributed by atoms with Gasteiger partial charge in [0.25, 0.3) is 5.91 Å². The first kappa shape index (κ1) is 13.7. The van der Waals surface area contributed by atoms with E-state index in [0.29, 0.717) is 23.1 Å². The van der Waals surface area contributed by atoms with Crippen LogP contribution in [0.3, 0.4) is 0 Å². The fourth-order valence-corrected chi connectivity index (χ4v) is 1.74. The molecule has 1 amide bonds. The number of methoxy groups -OCH3 is 1. The fraction of sp³-hybridized carbons (Fsp3) is 0.0714. The molecule has 0 aliphatic rings. The average Bonchev–Trinajstić information content (AvgIpc) is 3.10. The van der Waals surface area contributed by atoms with Crippen LogP contribution < -0.4 is 10.1 Å². The van der Waals surface area contributed by atoms with E-state index in [1.54, 1.807) is 35.4 Å². The molecule has 1 N–H and O–H groups in total. The van der Waals surface area contributed by atoms with E-state index in [1.165, 1.54) is 25.7 Å². The zero-order chi connectivity index (χ0) is 15.4. The van der Waals surface area contributed by atoms with Crippen LogP contribution in [0.5, 0.6) is 5.88 Å². The molecule has 8 nitrogen and oxygen atoms in total. The highest BCUT2D eigenvalue weighted by atomic mass is 16.5. The topological polar surface area (TPSA) is 94.8 Å². The molecule has 8 heteroatoms. The molecule has 0 saturated heterocycles. The Kier molecular flexibility index (Phi) is 3.73. The second-order valence-electron chi connectivity index (χ2n) is 4.29. The number of nitrogens with zero attached hydrogens (tertiary/aromatic N) is 5. The number of nitrogens with one attached hydrogen (secondary N) is 1. The Morgan fingerprint density at radius 3 is 2.59 bits per heavy atom. The lowest BCUT2D eigenvalue weighted by atomic mass is 10.2. The van der Waals surface area contributed by atoms with Crippen LogP contribution in [0.2, 0.25) is 0 Å². The summed E-state index contributed by atoms with van der Waals surface area (Å²) >= 11 is 0. The molecular formula is C14H12N6O2. The summed E-state index contributed by atoms with van der Waals surface area (Å²) in [6.07, 6.45) is 9.45. The molecule has 0 aromatic carbocycles. The second-order valence-corrected chi connectivity index (χ2v) is 4.29. The van der Waals surface area contributed by atoms with E-state index in [2.05, 4.69) is 25.3 Å². The molecule has 0 atom stereocenters. The molecule has 3 aromatic rings. The van der Waals surface area contributed by atoms with E-state index in [0.717, 1.165) is 0 Å². The van der Waals surface area contributed by atoms with Gasteiger partial charge < -0.3 is 10.1 Å². The maximum absolute atomic E-state index is 12.1. The zero-order valence-corrected chi connectivity index (χ0v) is 11.7. The van der Waals surface area contributed by atoms with Crippen molar-refractivity contribution in [3.8, 4) is 11.8 Å². The summed E-state index contributed by atoms with van der Waals surface area (Å²) in [5, 5.41) is 2.70. The third kappa shape index (κ3) is 2.90. The number of aromatic nitrogens is 5. The number of pyridine rings is 1. The third-order valence-corrected chi connectivity index (χ3v) is 2.84. The van der Waals surface area contributed by atoms with Gasteiger partial charge in [-0.1, -0.05) is 0 Å². The Balaban J connectivity index is 1.71. The minimum Gasteiger partial charge on any atom is -0.481 e. The van der Waals surface area contributed by atoms with Crippen LogP contribution in [-0.4, -0.2) is 37.5 Å². The van der Waals surface area contributed by atoms with Gasteiger partial charge in [-0.3, -0.25) is 9.36 Å². The molecule has 0 aliphatic carbocycles. The maximum Gasteiger partial charge on any atom is 0.257 e. The standard InChI is InChI=1S/C14H12N6O2/c1-22-12-3-2-10(6-16-12)13(21)19-11-7-17-14(18-8-11)20-5-4-15-9-20/h2-9H,1H3,(H,19,21). The number of rotatable bonds is 4. The number of ether oxygens (including phenoxy) is 1. The van der Waals surface area contributed by atoms with Gasteiger partial charge in [-0.05, 0) is 6.07 Å². The van der Waals surface area contributed by atoms with Crippen molar-refractivity contribution in [3.05, 3.63) is 55.0 Å². The molecule has 0 unspecified atom stereocenters. The first-order valence-corrected chi connectivity index (χ1v) is 6.38. The summed E-state index contributed by atoms with van der Waals surface area (Å²) in [4.78, 5) is 28.3. The molecule has 0 spiro atoms. The summed E-state index contributed by atoms with van der Waals surface area (Å²) < 4.78 is 6.61. The molecule has 0 saturated carbocycles. The van der Waals surface area contributed by atoms with Crippen LogP contribution in [0.15, 0.2) is 49.4 Å². The molecule has 0 bridgehead atoms. The minimum atomic E-state index is -0.297. The first-order chi connectivity index (χ1) is 10.8. The number of carbonyl (C=O) groups excluding carboxylic acids is 1. The predicted molar refractivity (Wildman–Crippen MR) is 77.9 cm³/mol. The van der Waals surface area contributed by atoms with Gasteiger partial charge in [0.15, 0.2) is 0 Å². The molecule has 3 heterocycles. The van der Waals surface area contributed by atoms with Crippen molar-refractivity contribution in [2.75, 3.05) is 12.4 Å². The van der Waals surface area contributed by atoms with Crippen LogP contribution in [-0.2, 0) is 0 Å². The van der Waals surface area contributed by atoms with E-state index >= 15 is 0 Å². The molecular weight excluding hydrogens is 284 g/mol. The van der Waals surface area contributed by atoms with Gasteiger partial charge in [0, 0.05) is 24.7 Å². The van der Waals surface area contributed by atoms with Crippen LogP contribution in [0, 0.1) is 0 Å². The molecule has 0 fully saturated rings. The lowest BCUT2D eigenvalue weighted by molar-refractivity contribution is 0.102. The Hall–Kier alpha value is -3.29. The van der Waals surface area contributed by atoms with Crippen molar-refractivity contribution in [2.45, 2.75) is 0 Å². The Bertz CT molecular complexity index is 753. The van der Waals surface area contributed by atoms with Gasteiger partial charge >= 0.3 is 0 Å². The number of anilines is 1. The third-order valence-electron chi connectivity index (χ3n) is 2.84. The smallest absolute Gasteiger partial charge is 0.257 e. The molecule has 0 aliphatic heterocycles. The van der Waals surface area contributed by atoms with Crippen LogP contribution in [0.25, 0.3) is 5.95 Å². The van der Waals surface area contributed by atoms with Gasteiger partial charge in [0.1, 0.15) is 6.33 Å². The Morgan fingerprint density at radius 1 is 1.18 bits per heavy atom. The highest BCUT2D eigenvalue weighted by molar-refractivity contribution is 6.03. The highest BCUT2D eigenvalue weighted by Gasteiger charge is 2.08. The minimum absolute atomic E-state index is 0.297. The Morgan fingerprint density at radius 2 is 2.00 bits per heavy atom. The van der Waals surface area contributed by atoms with E-state index < -0.39 is 0 Å². The van der Waals surface area contributed by atoms with Crippen LogP contribution in [0.1, 0.15) is 10.4 Å². The van der Waals surface area contributed by atoms with Crippen LogP contribution in [0.4, 0.5) is 5.69 Å². The van der Waals surface area contributed by atoms with E-state index in [-0.39, 0.29) is 5.91 Å². The molecule has 3 aromatic heterocycles. The SMILES string of the molecule is COc1ccc(C(=O)Nc2cnc(-n3ccnc3)nc2)cn1. The number of imidazole rings is 1. The molecule has 22 heavy (non-hydrogen) atoms. The lowest BCUT2D eigenvalue weighted by Gasteiger charge is -2.06. The van der Waals surface area contributed by atoms with Crippen molar-refractivity contribution in [2.24, 2.45) is 0 Å². The highest BCUT2D eigenvalue weighted by Crippen LogP contribution is 2.10. The van der Waals surface area contributed by atoms with Crippen molar-refractivity contribution in [1.82, 2.24) is 24.5 Å². The summed E-state index contributed by atoms with van der Waals surface area (Å²) in [6, 6.07) is 3.25. The number of hydrogen-bond donors (Lipinski definition) is 1. The molecule has 0 radical (unpaired) electrons. The van der Waals surface area contributed by atoms with Gasteiger partial charge in [0.05, 0.1) is 30.8 Å². The van der Waals surface area contributed by atoms with Crippen molar-refractivity contribution in [3.63, 3.8) is 0 Å². The maximum atomic E-state index is 12.1. The average molecular weight is 296 g/mol. The second kappa shape index (κ2) is 6.00. The number of carbonyl (C=O) groups is 1. The van der Waals surface area contributed by atoms with Crippen molar-refractivity contribution >= 4 is 11.6 Å². The fourth-order valence-electron chi connectivity index (χ4n) is 1.74. The van der Waals surface area contributed by atoms with Gasteiger partial charge in [-0.15, -0.1) is 0 Å². The Labute approximate surface area is 125 Å². The normalized spacial score (nSPS) is 10.2. The summed E-state index contributed by atoms with van der Waals surface area (Å²) in [7, 11) is 1.52. The van der Waals surface area contributed by atoms with E-state index in [9.17, 15) is 4.79 Å². The number of amides is 1. The van der Waals surface area contributed by atoms with Gasteiger partial charge in [0.2, 0.25) is 11.8 Å². The summed E-state index contributed by atoms with van der Waals surface area (Å²) in [5.74, 6) is 0.625. The summed E-state index contributed by atoms with van der Waals surface area (Å²) in [5.41, 5.74) is 0.907. The molecule has 3 rings (SSSR count). The van der Waals surface area contributed by atoms with Gasteiger partial charge in [-0.2, -0.15) is 0 Å². The lowest BCUT2D eigenvalue weighted by Crippen LogP contribution is -2.13. The first-order valence-electron chi connectivity index (χ1n) is 6.38. The monoisotopic (exact) mass is 296 g/mol. The van der Waals surface area contributed by atoms with Crippen molar-refractivity contribution in [1.29, 1.82) is 0 Å². The molecule has 110 valence electrons. The zero-order valence-electron chi connectivity index (χ0n) is 11.7. The predicted octanol–water partition coefficient (Wildman–Crippen LogP) is 1.32.